The Morgan fingerprint density at radius 1 is 1.18 bits per heavy atom. The van der Waals surface area contributed by atoms with Crippen LogP contribution in [0.1, 0.15) is 38.8 Å². The molecule has 2 N–H and O–H groups in total. The van der Waals surface area contributed by atoms with Gasteiger partial charge in [0.1, 0.15) is 0 Å². The van der Waals surface area contributed by atoms with E-state index in [9.17, 15) is 9.59 Å². The molecule has 1 aromatic heterocycles. The largest absolute Gasteiger partial charge is 0.447 e. The molecule has 0 spiro atoms. The van der Waals surface area contributed by atoms with Crippen molar-refractivity contribution in [2.75, 3.05) is 36.0 Å². The highest BCUT2D eigenvalue weighted by atomic mass is 16.6. The van der Waals surface area contributed by atoms with Gasteiger partial charge >= 0.3 is 6.09 Å². The summed E-state index contributed by atoms with van der Waals surface area (Å²) in [7, 11) is 0. The van der Waals surface area contributed by atoms with Crippen LogP contribution in [-0.4, -0.2) is 54.5 Å². The Morgan fingerprint density at radius 2 is 1.94 bits per heavy atom. The summed E-state index contributed by atoms with van der Waals surface area (Å²) in [4.78, 5) is 28.4. The van der Waals surface area contributed by atoms with Crippen molar-refractivity contribution in [2.45, 2.75) is 39.3 Å². The van der Waals surface area contributed by atoms with Gasteiger partial charge in [-0.15, -0.1) is 10.2 Å². The maximum Gasteiger partial charge on any atom is 0.407 e. The van der Waals surface area contributed by atoms with Gasteiger partial charge in [0.2, 0.25) is 5.91 Å². The van der Waals surface area contributed by atoms with Crippen molar-refractivity contribution in [1.29, 1.82) is 0 Å². The Hall–Kier alpha value is -3.46. The zero-order chi connectivity index (χ0) is 23.5. The summed E-state index contributed by atoms with van der Waals surface area (Å²) in [5, 5.41) is 15.1. The minimum absolute atomic E-state index is 0.127. The SMILES string of the molecule is C=C1C[C@H](NC(=O)OC(C)C)c2cc(-c3ccc(N4CCNCC4)nn3)ccc2N1C(C)=O. The molecule has 2 aliphatic heterocycles. The molecule has 9 nitrogen and oxygen atoms in total. The molecule has 1 aromatic carbocycles. The number of aromatic nitrogens is 2. The van der Waals surface area contributed by atoms with Crippen molar-refractivity contribution < 1.29 is 14.3 Å². The Kier molecular flexibility index (Phi) is 6.60. The number of alkyl carbamates (subject to hydrolysis) is 1. The number of hydrogen-bond acceptors (Lipinski definition) is 7. The van der Waals surface area contributed by atoms with E-state index in [1.165, 1.54) is 6.92 Å². The maximum atomic E-state index is 12.3. The topological polar surface area (TPSA) is 99.7 Å². The molecular weight excluding hydrogens is 420 g/mol. The second-order valence-electron chi connectivity index (χ2n) is 8.56. The van der Waals surface area contributed by atoms with E-state index in [1.54, 1.807) is 18.7 Å². The number of carbonyl (C=O) groups excluding carboxylic acids is 2. The number of fused-ring (bicyclic) bond motifs is 1. The minimum atomic E-state index is -0.504. The van der Waals surface area contributed by atoms with Crippen molar-refractivity contribution in [3.8, 4) is 11.3 Å². The van der Waals surface area contributed by atoms with Gasteiger partial charge in [-0.1, -0.05) is 12.6 Å². The quantitative estimate of drug-likeness (QED) is 0.739. The van der Waals surface area contributed by atoms with Gasteiger partial charge in [0.15, 0.2) is 5.82 Å². The van der Waals surface area contributed by atoms with Gasteiger partial charge < -0.3 is 20.3 Å². The third kappa shape index (κ3) is 4.98. The molecule has 3 heterocycles. The predicted molar refractivity (Wildman–Crippen MR) is 127 cm³/mol. The van der Waals surface area contributed by atoms with Gasteiger partial charge in [-0.3, -0.25) is 9.69 Å². The average Bonchev–Trinajstić information content (AvgIpc) is 2.79. The van der Waals surface area contributed by atoms with E-state index in [-0.39, 0.29) is 18.1 Å². The van der Waals surface area contributed by atoms with E-state index < -0.39 is 6.09 Å². The monoisotopic (exact) mass is 450 g/mol. The summed E-state index contributed by atoms with van der Waals surface area (Å²) < 4.78 is 5.27. The summed E-state index contributed by atoms with van der Waals surface area (Å²) in [6.45, 7) is 12.8. The van der Waals surface area contributed by atoms with E-state index in [0.717, 1.165) is 48.8 Å². The number of benzene rings is 1. The van der Waals surface area contributed by atoms with Crippen LogP contribution in [-0.2, 0) is 9.53 Å². The number of ether oxygens (including phenoxy) is 1. The number of hydrogen-bond donors (Lipinski definition) is 2. The molecule has 0 aliphatic carbocycles. The van der Waals surface area contributed by atoms with E-state index in [2.05, 4.69) is 32.3 Å². The number of anilines is 2. The third-order valence-corrected chi connectivity index (χ3v) is 5.74. The van der Waals surface area contributed by atoms with Crippen molar-refractivity contribution in [2.24, 2.45) is 0 Å². The highest BCUT2D eigenvalue weighted by molar-refractivity contribution is 5.97. The lowest BCUT2D eigenvalue weighted by Gasteiger charge is -2.36. The molecular formula is C24H30N6O3. The van der Waals surface area contributed by atoms with Crippen molar-refractivity contribution in [1.82, 2.24) is 20.8 Å². The fourth-order valence-corrected chi connectivity index (χ4v) is 4.26. The fourth-order valence-electron chi connectivity index (χ4n) is 4.26. The first-order chi connectivity index (χ1) is 15.8. The molecule has 2 amide bonds. The van der Waals surface area contributed by atoms with Gasteiger partial charge in [0.05, 0.1) is 23.5 Å². The standard InChI is InChI=1S/C24H30N6O3/c1-15(2)33-24(32)26-21-13-16(3)30(17(4)31)22-7-5-18(14-19(21)22)20-6-8-23(28-27-20)29-11-9-25-10-12-29/h5-8,14-15,21,25H,3,9-13H2,1-2,4H3,(H,26,32)/t21-/m0/s1. The van der Waals surface area contributed by atoms with E-state index >= 15 is 0 Å². The highest BCUT2D eigenvalue weighted by Crippen LogP contribution is 2.40. The average molecular weight is 451 g/mol. The number of nitrogens with zero attached hydrogens (tertiary/aromatic N) is 4. The van der Waals surface area contributed by atoms with Gasteiger partial charge in [-0.2, -0.15) is 0 Å². The number of rotatable bonds is 4. The summed E-state index contributed by atoms with van der Waals surface area (Å²) >= 11 is 0. The number of piperazine rings is 1. The number of nitrogens with one attached hydrogen (secondary N) is 2. The molecule has 2 aliphatic rings. The molecule has 0 saturated carbocycles. The van der Waals surface area contributed by atoms with Crippen LogP contribution in [0.5, 0.6) is 0 Å². The molecule has 1 saturated heterocycles. The molecule has 2 aromatic rings. The lowest BCUT2D eigenvalue weighted by Crippen LogP contribution is -2.43. The van der Waals surface area contributed by atoms with Crippen LogP contribution >= 0.6 is 0 Å². The van der Waals surface area contributed by atoms with Crippen molar-refractivity contribution >= 4 is 23.5 Å². The second-order valence-corrected chi connectivity index (χ2v) is 8.56. The first kappa shape index (κ1) is 22.7. The summed E-state index contributed by atoms with van der Waals surface area (Å²) in [6, 6.07) is 9.28. The molecule has 33 heavy (non-hydrogen) atoms. The van der Waals surface area contributed by atoms with Gasteiger partial charge in [0.25, 0.3) is 0 Å². The molecule has 9 heteroatoms. The lowest BCUT2D eigenvalue weighted by molar-refractivity contribution is -0.116. The second kappa shape index (κ2) is 9.58. The van der Waals surface area contributed by atoms with Crippen LogP contribution in [0.15, 0.2) is 42.6 Å². The molecule has 0 unspecified atom stereocenters. The number of carbonyl (C=O) groups is 2. The number of amides is 2. The lowest BCUT2D eigenvalue weighted by atomic mass is 9.92. The predicted octanol–water partition coefficient (Wildman–Crippen LogP) is 3.00. The Bertz CT molecular complexity index is 1050. The normalized spacial score (nSPS) is 18.2. The molecule has 0 bridgehead atoms. The van der Waals surface area contributed by atoms with Crippen LogP contribution in [0.3, 0.4) is 0 Å². The summed E-state index contributed by atoms with van der Waals surface area (Å²) in [6.07, 6.45) is -0.340. The molecule has 1 atom stereocenters. The third-order valence-electron chi connectivity index (χ3n) is 5.74. The van der Waals surface area contributed by atoms with Crippen molar-refractivity contribution in [3.63, 3.8) is 0 Å². The Morgan fingerprint density at radius 3 is 2.58 bits per heavy atom. The molecule has 0 radical (unpaired) electrons. The van der Waals surface area contributed by atoms with Crippen LogP contribution in [0.2, 0.25) is 0 Å². The molecule has 1 fully saturated rings. The van der Waals surface area contributed by atoms with Gasteiger partial charge in [0, 0.05) is 50.8 Å². The zero-order valence-corrected chi connectivity index (χ0v) is 19.3. The molecule has 174 valence electrons. The smallest absolute Gasteiger partial charge is 0.407 e. The van der Waals surface area contributed by atoms with Crippen molar-refractivity contribution in [3.05, 3.63) is 48.2 Å². The first-order valence-corrected chi connectivity index (χ1v) is 11.2. The molecule has 4 rings (SSSR count). The minimum Gasteiger partial charge on any atom is -0.447 e. The summed E-state index contributed by atoms with van der Waals surface area (Å²) in [5.74, 6) is 0.727. The first-order valence-electron chi connectivity index (χ1n) is 11.2. The van der Waals surface area contributed by atoms with Crippen LogP contribution < -0.4 is 20.4 Å². The van der Waals surface area contributed by atoms with E-state index in [4.69, 9.17) is 4.74 Å². The van der Waals surface area contributed by atoms with Gasteiger partial charge in [-0.05, 0) is 43.7 Å². The zero-order valence-electron chi connectivity index (χ0n) is 19.3. The van der Waals surface area contributed by atoms with Crippen LogP contribution in [0, 0.1) is 0 Å². The summed E-state index contributed by atoms with van der Waals surface area (Å²) in [5.41, 5.74) is 3.71. The van der Waals surface area contributed by atoms with Crippen LogP contribution in [0.25, 0.3) is 11.3 Å². The Labute approximate surface area is 193 Å². The fraction of sp³-hybridized carbons (Fsp3) is 0.417. The van der Waals surface area contributed by atoms with Crippen LogP contribution in [0.4, 0.5) is 16.3 Å². The van der Waals surface area contributed by atoms with E-state index in [0.29, 0.717) is 17.8 Å². The van der Waals surface area contributed by atoms with Gasteiger partial charge in [-0.25, -0.2) is 4.79 Å². The Balaban J connectivity index is 1.65. The highest BCUT2D eigenvalue weighted by Gasteiger charge is 2.32. The van der Waals surface area contributed by atoms with E-state index in [1.807, 2.05) is 30.3 Å². The maximum absolute atomic E-state index is 12.3.